The van der Waals surface area contributed by atoms with E-state index in [1.165, 1.54) is 12.1 Å². The molecule has 1 aromatic heterocycles. The predicted octanol–water partition coefficient (Wildman–Crippen LogP) is 1.76. The van der Waals surface area contributed by atoms with Crippen molar-refractivity contribution in [3.05, 3.63) is 48.3 Å². The van der Waals surface area contributed by atoms with Gasteiger partial charge in [-0.05, 0) is 43.2 Å². The third-order valence-corrected chi connectivity index (χ3v) is 5.24. The van der Waals surface area contributed by atoms with Gasteiger partial charge < -0.3 is 4.90 Å². The van der Waals surface area contributed by atoms with E-state index in [1.807, 2.05) is 21.8 Å². The summed E-state index contributed by atoms with van der Waals surface area (Å²) >= 11 is 0. The Balaban J connectivity index is 1.75. The first-order chi connectivity index (χ1) is 10.9. The van der Waals surface area contributed by atoms with Crippen LogP contribution in [0, 0.1) is 0 Å². The van der Waals surface area contributed by atoms with Gasteiger partial charge in [0.2, 0.25) is 0 Å². The summed E-state index contributed by atoms with van der Waals surface area (Å²) < 4.78 is 24.9. The number of rotatable bonds is 3. The van der Waals surface area contributed by atoms with E-state index in [0.717, 1.165) is 19.1 Å². The Morgan fingerprint density at radius 3 is 2.61 bits per heavy atom. The van der Waals surface area contributed by atoms with Gasteiger partial charge in [-0.15, -0.1) is 0 Å². The SMILES string of the molecule is CS(=O)(=O)c1ccc(C(=O)N2CCC[C@@H](n3cccn3)C2)cc1. The van der Waals surface area contributed by atoms with E-state index in [4.69, 9.17) is 0 Å². The molecule has 1 fully saturated rings. The molecule has 0 aliphatic carbocycles. The number of carbonyl (C=O) groups is 1. The van der Waals surface area contributed by atoms with Crippen LogP contribution in [0.1, 0.15) is 29.2 Å². The number of sulfone groups is 1. The number of amides is 1. The summed E-state index contributed by atoms with van der Waals surface area (Å²) in [7, 11) is -3.25. The lowest BCUT2D eigenvalue weighted by molar-refractivity contribution is 0.0673. The second kappa shape index (κ2) is 6.16. The minimum absolute atomic E-state index is 0.0677. The maximum absolute atomic E-state index is 12.6. The van der Waals surface area contributed by atoms with Crippen molar-refractivity contribution in [2.45, 2.75) is 23.8 Å². The van der Waals surface area contributed by atoms with Crippen molar-refractivity contribution in [3.8, 4) is 0 Å². The number of nitrogens with zero attached hydrogens (tertiary/aromatic N) is 3. The van der Waals surface area contributed by atoms with Crippen molar-refractivity contribution in [1.29, 1.82) is 0 Å². The molecule has 2 aromatic rings. The zero-order valence-corrected chi connectivity index (χ0v) is 13.7. The Labute approximate surface area is 135 Å². The van der Waals surface area contributed by atoms with Gasteiger partial charge in [-0.1, -0.05) is 0 Å². The average molecular weight is 333 g/mol. The number of piperidine rings is 1. The lowest BCUT2D eigenvalue weighted by Gasteiger charge is -2.33. The van der Waals surface area contributed by atoms with Crippen molar-refractivity contribution in [3.63, 3.8) is 0 Å². The Kier molecular flexibility index (Phi) is 4.21. The zero-order valence-electron chi connectivity index (χ0n) is 12.9. The molecule has 0 unspecified atom stereocenters. The highest BCUT2D eigenvalue weighted by Crippen LogP contribution is 2.22. The van der Waals surface area contributed by atoms with Crippen molar-refractivity contribution in [2.24, 2.45) is 0 Å². The van der Waals surface area contributed by atoms with E-state index in [2.05, 4.69) is 5.10 Å². The number of likely N-dealkylation sites (tertiary alicyclic amines) is 1. The molecular weight excluding hydrogens is 314 g/mol. The number of benzene rings is 1. The maximum atomic E-state index is 12.6. The lowest BCUT2D eigenvalue weighted by atomic mass is 10.0. The summed E-state index contributed by atoms with van der Waals surface area (Å²) in [5.41, 5.74) is 0.513. The summed E-state index contributed by atoms with van der Waals surface area (Å²) in [4.78, 5) is 14.7. The molecule has 0 spiro atoms. The number of hydrogen-bond acceptors (Lipinski definition) is 4. The lowest BCUT2D eigenvalue weighted by Crippen LogP contribution is -2.40. The van der Waals surface area contributed by atoms with E-state index < -0.39 is 9.84 Å². The van der Waals surface area contributed by atoms with Crippen LogP contribution >= 0.6 is 0 Å². The molecule has 1 amide bonds. The molecule has 23 heavy (non-hydrogen) atoms. The van der Waals surface area contributed by atoms with E-state index in [1.54, 1.807) is 18.3 Å². The number of carbonyl (C=O) groups excluding carboxylic acids is 1. The van der Waals surface area contributed by atoms with Crippen molar-refractivity contribution < 1.29 is 13.2 Å². The Hall–Kier alpha value is -2.15. The second-order valence-corrected chi connectivity index (χ2v) is 7.85. The van der Waals surface area contributed by atoms with Crippen LogP contribution in [0.25, 0.3) is 0 Å². The maximum Gasteiger partial charge on any atom is 0.253 e. The smallest absolute Gasteiger partial charge is 0.253 e. The van der Waals surface area contributed by atoms with Gasteiger partial charge in [0.25, 0.3) is 5.91 Å². The van der Waals surface area contributed by atoms with Crippen LogP contribution in [-0.2, 0) is 9.84 Å². The van der Waals surface area contributed by atoms with Gasteiger partial charge in [0.05, 0.1) is 10.9 Å². The third-order valence-electron chi connectivity index (χ3n) is 4.11. The van der Waals surface area contributed by atoms with Gasteiger partial charge in [-0.25, -0.2) is 8.42 Å². The standard InChI is InChI=1S/C16H19N3O3S/c1-23(21,22)15-7-5-13(6-8-15)16(20)18-10-2-4-14(12-18)19-11-3-9-17-19/h3,5-9,11,14H,2,4,10,12H2,1H3/t14-/m1/s1. The average Bonchev–Trinajstić information content (AvgIpc) is 3.08. The summed E-state index contributed by atoms with van der Waals surface area (Å²) in [6.07, 6.45) is 6.74. The Morgan fingerprint density at radius 1 is 1.26 bits per heavy atom. The van der Waals surface area contributed by atoms with Gasteiger partial charge in [0, 0.05) is 37.3 Å². The third kappa shape index (κ3) is 3.44. The minimum atomic E-state index is -3.25. The number of aromatic nitrogens is 2. The predicted molar refractivity (Wildman–Crippen MR) is 86.0 cm³/mol. The van der Waals surface area contributed by atoms with Crippen LogP contribution in [0.2, 0.25) is 0 Å². The van der Waals surface area contributed by atoms with Crippen molar-refractivity contribution >= 4 is 15.7 Å². The molecule has 0 bridgehead atoms. The van der Waals surface area contributed by atoms with E-state index in [0.29, 0.717) is 18.7 Å². The van der Waals surface area contributed by atoms with E-state index in [-0.39, 0.29) is 16.8 Å². The summed E-state index contributed by atoms with van der Waals surface area (Å²) in [5, 5.41) is 4.26. The van der Waals surface area contributed by atoms with Gasteiger partial charge in [0.15, 0.2) is 9.84 Å². The molecule has 1 saturated heterocycles. The quantitative estimate of drug-likeness (QED) is 0.858. The van der Waals surface area contributed by atoms with Gasteiger partial charge in [-0.3, -0.25) is 9.48 Å². The van der Waals surface area contributed by atoms with Crippen LogP contribution in [0.15, 0.2) is 47.6 Å². The molecule has 1 aromatic carbocycles. The molecule has 1 aliphatic rings. The molecule has 0 N–H and O–H groups in total. The van der Waals surface area contributed by atoms with Crippen LogP contribution in [0.4, 0.5) is 0 Å². The van der Waals surface area contributed by atoms with Crippen LogP contribution in [0.5, 0.6) is 0 Å². The van der Waals surface area contributed by atoms with E-state index >= 15 is 0 Å². The Bertz CT molecular complexity index is 782. The summed E-state index contributed by atoms with van der Waals surface area (Å²) in [6, 6.07) is 8.20. The summed E-state index contributed by atoms with van der Waals surface area (Å²) in [6.45, 7) is 1.33. The number of hydrogen-bond donors (Lipinski definition) is 0. The highest BCUT2D eigenvalue weighted by atomic mass is 32.2. The first-order valence-electron chi connectivity index (χ1n) is 7.54. The largest absolute Gasteiger partial charge is 0.337 e. The first-order valence-corrected chi connectivity index (χ1v) is 9.43. The fourth-order valence-corrected chi connectivity index (χ4v) is 3.51. The van der Waals surface area contributed by atoms with Gasteiger partial charge in [-0.2, -0.15) is 5.10 Å². The molecule has 1 aliphatic heterocycles. The Morgan fingerprint density at radius 2 is 2.00 bits per heavy atom. The minimum Gasteiger partial charge on any atom is -0.337 e. The first kappa shape index (κ1) is 15.7. The molecule has 7 heteroatoms. The topological polar surface area (TPSA) is 72.3 Å². The highest BCUT2D eigenvalue weighted by Gasteiger charge is 2.25. The molecule has 3 rings (SSSR count). The van der Waals surface area contributed by atoms with Crippen LogP contribution < -0.4 is 0 Å². The van der Waals surface area contributed by atoms with Crippen molar-refractivity contribution in [2.75, 3.05) is 19.3 Å². The highest BCUT2D eigenvalue weighted by molar-refractivity contribution is 7.90. The zero-order chi connectivity index (χ0) is 16.4. The second-order valence-electron chi connectivity index (χ2n) is 5.83. The normalized spacial score (nSPS) is 18.8. The van der Waals surface area contributed by atoms with Gasteiger partial charge in [0.1, 0.15) is 0 Å². The molecule has 1 atom stereocenters. The fourth-order valence-electron chi connectivity index (χ4n) is 2.88. The molecule has 2 heterocycles. The molecular formula is C16H19N3O3S. The molecule has 0 radical (unpaired) electrons. The molecule has 122 valence electrons. The van der Waals surface area contributed by atoms with Gasteiger partial charge >= 0.3 is 0 Å². The van der Waals surface area contributed by atoms with Crippen LogP contribution in [0.3, 0.4) is 0 Å². The van der Waals surface area contributed by atoms with Crippen molar-refractivity contribution in [1.82, 2.24) is 14.7 Å². The molecule has 6 nitrogen and oxygen atoms in total. The van der Waals surface area contributed by atoms with E-state index in [9.17, 15) is 13.2 Å². The fraction of sp³-hybridized carbons (Fsp3) is 0.375. The monoisotopic (exact) mass is 333 g/mol. The summed E-state index contributed by atoms with van der Waals surface area (Å²) in [5.74, 6) is -0.0677. The molecule has 0 saturated carbocycles. The van der Waals surface area contributed by atoms with Crippen LogP contribution in [-0.4, -0.2) is 48.4 Å².